The minimum Gasteiger partial charge on any atom is -0.350 e. The van der Waals surface area contributed by atoms with Crippen molar-refractivity contribution >= 4 is 10.9 Å². The molecule has 0 amide bonds. The first kappa shape index (κ1) is 9.91. The van der Waals surface area contributed by atoms with Crippen molar-refractivity contribution in [2.75, 3.05) is 6.54 Å². The third-order valence-electron chi connectivity index (χ3n) is 3.61. The van der Waals surface area contributed by atoms with E-state index in [-0.39, 0.29) is 0 Å². The van der Waals surface area contributed by atoms with E-state index in [9.17, 15) is 0 Å². The molecule has 0 bridgehead atoms. The van der Waals surface area contributed by atoms with Crippen LogP contribution in [-0.2, 0) is 7.05 Å². The number of para-hydroxylation sites is 1. The van der Waals surface area contributed by atoms with Crippen molar-refractivity contribution in [3.63, 3.8) is 0 Å². The first-order valence-corrected chi connectivity index (χ1v) is 6.13. The second-order valence-corrected chi connectivity index (χ2v) is 4.71. The molecule has 2 heteroatoms. The van der Waals surface area contributed by atoms with Crippen LogP contribution in [0.5, 0.6) is 0 Å². The number of aromatic nitrogens is 1. The van der Waals surface area contributed by atoms with Crippen LogP contribution in [0, 0.1) is 0 Å². The maximum atomic E-state index is 3.63. The Morgan fingerprint density at radius 2 is 2.12 bits per heavy atom. The van der Waals surface area contributed by atoms with Gasteiger partial charge in [0.25, 0.3) is 0 Å². The van der Waals surface area contributed by atoms with Crippen LogP contribution >= 0.6 is 0 Å². The molecule has 1 aromatic heterocycles. The van der Waals surface area contributed by atoms with Gasteiger partial charge in [-0.15, -0.1) is 0 Å². The van der Waals surface area contributed by atoms with Gasteiger partial charge in [0.15, 0.2) is 0 Å². The average Bonchev–Trinajstić information content (AvgIpc) is 2.69. The van der Waals surface area contributed by atoms with E-state index in [1.165, 1.54) is 35.7 Å². The number of fused-ring (bicyclic) bond motifs is 1. The van der Waals surface area contributed by atoms with Crippen molar-refractivity contribution in [1.29, 1.82) is 0 Å². The molecule has 1 saturated heterocycles. The molecule has 0 spiro atoms. The van der Waals surface area contributed by atoms with Gasteiger partial charge < -0.3 is 9.88 Å². The summed E-state index contributed by atoms with van der Waals surface area (Å²) >= 11 is 0. The van der Waals surface area contributed by atoms with Gasteiger partial charge in [-0.05, 0) is 31.0 Å². The van der Waals surface area contributed by atoms with Gasteiger partial charge in [-0.3, -0.25) is 0 Å². The summed E-state index contributed by atoms with van der Waals surface area (Å²) in [7, 11) is 2.13. The Labute approximate surface area is 96.3 Å². The summed E-state index contributed by atoms with van der Waals surface area (Å²) in [5.41, 5.74) is 2.81. The Hall–Kier alpha value is -1.28. The standard InChI is InChI=1S/C14H18N2/c1-16-10-12(13-7-4-5-9-15-13)11-6-2-3-8-14(11)16/h2-3,6,8,10,13,15H,4-5,7,9H2,1H3/t13-/m0/s1. The molecule has 0 radical (unpaired) electrons. The number of benzene rings is 1. The van der Waals surface area contributed by atoms with Crippen molar-refractivity contribution in [2.45, 2.75) is 25.3 Å². The Bertz CT molecular complexity index is 492. The Morgan fingerprint density at radius 3 is 2.94 bits per heavy atom. The zero-order chi connectivity index (χ0) is 11.0. The van der Waals surface area contributed by atoms with Crippen LogP contribution in [0.3, 0.4) is 0 Å². The number of nitrogens with zero attached hydrogens (tertiary/aromatic N) is 1. The summed E-state index contributed by atoms with van der Waals surface area (Å²) in [6, 6.07) is 9.23. The summed E-state index contributed by atoms with van der Waals surface area (Å²) in [4.78, 5) is 0. The van der Waals surface area contributed by atoms with E-state index in [2.05, 4.69) is 47.4 Å². The van der Waals surface area contributed by atoms with E-state index < -0.39 is 0 Å². The highest BCUT2D eigenvalue weighted by Gasteiger charge is 2.18. The van der Waals surface area contributed by atoms with Gasteiger partial charge in [-0.25, -0.2) is 0 Å². The van der Waals surface area contributed by atoms with Gasteiger partial charge >= 0.3 is 0 Å². The molecular weight excluding hydrogens is 196 g/mol. The fourth-order valence-electron chi connectivity index (χ4n) is 2.77. The molecule has 2 nitrogen and oxygen atoms in total. The van der Waals surface area contributed by atoms with Gasteiger partial charge in [0.2, 0.25) is 0 Å². The molecule has 1 N–H and O–H groups in total. The van der Waals surface area contributed by atoms with Gasteiger partial charge in [0.1, 0.15) is 0 Å². The van der Waals surface area contributed by atoms with Gasteiger partial charge in [-0.1, -0.05) is 24.6 Å². The van der Waals surface area contributed by atoms with Gasteiger partial charge in [-0.2, -0.15) is 0 Å². The predicted octanol–water partition coefficient (Wildman–Crippen LogP) is 2.99. The lowest BCUT2D eigenvalue weighted by atomic mass is 9.97. The molecule has 0 unspecified atom stereocenters. The summed E-state index contributed by atoms with van der Waals surface area (Å²) in [5, 5.41) is 5.03. The van der Waals surface area contributed by atoms with Crippen molar-refractivity contribution < 1.29 is 0 Å². The second-order valence-electron chi connectivity index (χ2n) is 4.71. The van der Waals surface area contributed by atoms with Crippen molar-refractivity contribution in [1.82, 2.24) is 9.88 Å². The third kappa shape index (κ3) is 1.54. The second kappa shape index (κ2) is 3.95. The highest BCUT2D eigenvalue weighted by Crippen LogP contribution is 2.30. The number of hydrogen-bond donors (Lipinski definition) is 1. The van der Waals surface area contributed by atoms with E-state index in [0.717, 1.165) is 6.54 Å². The molecule has 0 aliphatic carbocycles. The Kier molecular flexibility index (Phi) is 2.44. The molecule has 1 aliphatic heterocycles. The molecule has 1 atom stereocenters. The lowest BCUT2D eigenvalue weighted by Crippen LogP contribution is -2.26. The minimum atomic E-state index is 0.555. The van der Waals surface area contributed by atoms with Crippen molar-refractivity contribution in [3.05, 3.63) is 36.0 Å². The van der Waals surface area contributed by atoms with Crippen molar-refractivity contribution in [3.8, 4) is 0 Å². The first-order chi connectivity index (χ1) is 7.86. The molecule has 2 heterocycles. The summed E-state index contributed by atoms with van der Waals surface area (Å²) in [5.74, 6) is 0. The molecule has 0 saturated carbocycles. The largest absolute Gasteiger partial charge is 0.350 e. The fraction of sp³-hybridized carbons (Fsp3) is 0.429. The Balaban J connectivity index is 2.08. The number of rotatable bonds is 1. The van der Waals surface area contributed by atoms with E-state index in [0.29, 0.717) is 6.04 Å². The number of hydrogen-bond acceptors (Lipinski definition) is 1. The van der Waals surface area contributed by atoms with Crippen LogP contribution in [0.2, 0.25) is 0 Å². The van der Waals surface area contributed by atoms with Crippen molar-refractivity contribution in [2.24, 2.45) is 7.05 Å². The monoisotopic (exact) mass is 214 g/mol. The molecule has 1 aromatic carbocycles. The van der Waals surface area contributed by atoms with Crippen LogP contribution in [0.4, 0.5) is 0 Å². The quantitative estimate of drug-likeness (QED) is 0.772. The molecule has 1 aliphatic rings. The smallest absolute Gasteiger partial charge is 0.0481 e. The topological polar surface area (TPSA) is 17.0 Å². The minimum absolute atomic E-state index is 0.555. The van der Waals surface area contributed by atoms with E-state index in [4.69, 9.17) is 0 Å². The van der Waals surface area contributed by atoms with Crippen LogP contribution in [0.1, 0.15) is 30.9 Å². The summed E-state index contributed by atoms with van der Waals surface area (Å²) in [6.45, 7) is 1.16. The molecular formula is C14H18N2. The maximum absolute atomic E-state index is 3.63. The number of piperidine rings is 1. The Morgan fingerprint density at radius 1 is 1.25 bits per heavy atom. The SMILES string of the molecule is Cn1cc([C@@H]2CCCCN2)c2ccccc21. The highest BCUT2D eigenvalue weighted by molar-refractivity contribution is 5.84. The van der Waals surface area contributed by atoms with E-state index in [1.807, 2.05) is 0 Å². The third-order valence-corrected chi connectivity index (χ3v) is 3.61. The van der Waals surface area contributed by atoms with E-state index >= 15 is 0 Å². The first-order valence-electron chi connectivity index (χ1n) is 6.13. The molecule has 3 rings (SSSR count). The fourth-order valence-corrected chi connectivity index (χ4v) is 2.77. The van der Waals surface area contributed by atoms with Crippen LogP contribution in [0.25, 0.3) is 10.9 Å². The molecule has 84 valence electrons. The lowest BCUT2D eigenvalue weighted by molar-refractivity contribution is 0.414. The van der Waals surface area contributed by atoms with Gasteiger partial charge in [0, 0.05) is 30.2 Å². The molecule has 16 heavy (non-hydrogen) atoms. The summed E-state index contributed by atoms with van der Waals surface area (Å²) < 4.78 is 2.24. The van der Waals surface area contributed by atoms with Crippen LogP contribution in [0.15, 0.2) is 30.5 Å². The number of aryl methyl sites for hydroxylation is 1. The lowest BCUT2D eigenvalue weighted by Gasteiger charge is -2.23. The van der Waals surface area contributed by atoms with Crippen LogP contribution in [-0.4, -0.2) is 11.1 Å². The van der Waals surface area contributed by atoms with Crippen LogP contribution < -0.4 is 5.32 Å². The van der Waals surface area contributed by atoms with E-state index in [1.54, 1.807) is 0 Å². The molecule has 1 fully saturated rings. The number of nitrogens with one attached hydrogen (secondary N) is 1. The summed E-state index contributed by atoms with van der Waals surface area (Å²) in [6.07, 6.45) is 6.23. The average molecular weight is 214 g/mol. The predicted molar refractivity (Wildman–Crippen MR) is 67.5 cm³/mol. The van der Waals surface area contributed by atoms with Gasteiger partial charge in [0.05, 0.1) is 0 Å². The maximum Gasteiger partial charge on any atom is 0.0481 e. The zero-order valence-corrected chi connectivity index (χ0v) is 9.74. The normalized spacial score (nSPS) is 21.4. The molecule has 2 aromatic rings. The highest BCUT2D eigenvalue weighted by atomic mass is 15.0. The zero-order valence-electron chi connectivity index (χ0n) is 9.74.